The molecule has 0 spiro atoms. The van der Waals surface area contributed by atoms with E-state index in [9.17, 15) is 9.59 Å². The molecule has 12 heteroatoms. The van der Waals surface area contributed by atoms with Gasteiger partial charge in [0.1, 0.15) is 22.2 Å². The van der Waals surface area contributed by atoms with Gasteiger partial charge < -0.3 is 29.7 Å². The van der Waals surface area contributed by atoms with Gasteiger partial charge in [-0.05, 0) is 55.4 Å². The molecule has 0 atom stereocenters. The zero-order valence-corrected chi connectivity index (χ0v) is 28.2. The van der Waals surface area contributed by atoms with E-state index in [1.807, 2.05) is 82.7 Å². The Labute approximate surface area is 277 Å². The molecule has 0 saturated carbocycles. The summed E-state index contributed by atoms with van der Waals surface area (Å²) in [5.41, 5.74) is 3.63. The molecule has 0 fully saturated rings. The lowest BCUT2D eigenvalue weighted by Gasteiger charge is -2.24. The van der Waals surface area contributed by atoms with Gasteiger partial charge in [-0.15, -0.1) is 11.3 Å². The average Bonchev–Trinajstić information content (AvgIpc) is 3.49. The third kappa shape index (κ3) is 7.97. The highest BCUT2D eigenvalue weighted by atomic mass is 32.1. The van der Waals surface area contributed by atoms with Crippen LogP contribution in [0.3, 0.4) is 0 Å². The van der Waals surface area contributed by atoms with Gasteiger partial charge in [-0.1, -0.05) is 45.0 Å². The number of fused-ring (bicyclic) bond motifs is 1. The number of amides is 3. The Kier molecular flexibility index (Phi) is 9.92. The highest BCUT2D eigenvalue weighted by molar-refractivity contribution is 7.13. The maximum absolute atomic E-state index is 13.4. The normalized spacial score (nSPS) is 11.3. The molecule has 0 saturated heterocycles. The molecule has 11 nitrogen and oxygen atoms in total. The molecule has 0 radical (unpaired) electrons. The molecular weight excluding hydrogens is 616 g/mol. The molecule has 244 valence electrons. The number of nitrogens with zero attached hydrogens (tertiary/aromatic N) is 3. The van der Waals surface area contributed by atoms with Gasteiger partial charge in [0.15, 0.2) is 5.75 Å². The lowest BCUT2D eigenvalue weighted by molar-refractivity contribution is 0.187. The van der Waals surface area contributed by atoms with Crippen molar-refractivity contribution in [3.63, 3.8) is 0 Å². The molecule has 0 bridgehead atoms. The van der Waals surface area contributed by atoms with E-state index in [2.05, 4.69) is 25.8 Å². The van der Waals surface area contributed by atoms with Gasteiger partial charge in [-0.2, -0.15) is 0 Å². The minimum Gasteiger partial charge on any atom is -0.492 e. The van der Waals surface area contributed by atoms with Gasteiger partial charge in [0.25, 0.3) is 0 Å². The van der Waals surface area contributed by atoms with Crippen LogP contribution in [0.4, 0.5) is 26.7 Å². The zero-order valence-electron chi connectivity index (χ0n) is 27.4. The van der Waals surface area contributed by atoms with Crippen molar-refractivity contribution >= 4 is 51.3 Å². The standard InChI is InChI=1S/C35H38N6O5S/c1-35(2,3)21-16-27(31(44-6)28(17-21)40-34(43)45-7)39-33(42)38-26-12-13-30(25-11-9-8-10-24(25)26)46-23-14-15-36-29(18-23)32-37-22(20-47-32)19-41(4)5/h8-18,20H,19H2,1-7H3,(H,40,43)(H2,38,39,42). The molecule has 0 aliphatic carbocycles. The van der Waals surface area contributed by atoms with Crippen LogP contribution < -0.4 is 25.4 Å². The number of pyridine rings is 1. The van der Waals surface area contributed by atoms with Gasteiger partial charge >= 0.3 is 12.1 Å². The Morgan fingerprint density at radius 3 is 2.28 bits per heavy atom. The molecule has 3 N–H and O–H groups in total. The van der Waals surface area contributed by atoms with Crippen molar-refractivity contribution < 1.29 is 23.8 Å². The van der Waals surface area contributed by atoms with Crippen molar-refractivity contribution in [3.8, 4) is 28.0 Å². The number of thiazole rings is 1. The average molecular weight is 655 g/mol. The molecule has 2 aromatic heterocycles. The molecular formula is C35H38N6O5S. The number of anilines is 3. The van der Waals surface area contributed by atoms with Crippen molar-refractivity contribution in [2.24, 2.45) is 0 Å². The summed E-state index contributed by atoms with van der Waals surface area (Å²) in [6.45, 7) is 6.85. The van der Waals surface area contributed by atoms with Crippen LogP contribution in [0.1, 0.15) is 32.0 Å². The molecule has 3 amide bonds. The number of rotatable bonds is 9. The molecule has 0 aliphatic rings. The largest absolute Gasteiger partial charge is 0.492 e. The minimum absolute atomic E-state index is 0.288. The fourth-order valence-corrected chi connectivity index (χ4v) is 5.69. The van der Waals surface area contributed by atoms with Crippen LogP contribution >= 0.6 is 11.3 Å². The molecule has 2 heterocycles. The van der Waals surface area contributed by atoms with Crippen LogP contribution in [0.2, 0.25) is 0 Å². The van der Waals surface area contributed by atoms with Crippen molar-refractivity contribution in [1.29, 1.82) is 0 Å². The van der Waals surface area contributed by atoms with E-state index >= 15 is 0 Å². The van der Waals surface area contributed by atoms with Gasteiger partial charge in [0.05, 0.1) is 37.0 Å². The van der Waals surface area contributed by atoms with Crippen molar-refractivity contribution in [2.45, 2.75) is 32.7 Å². The first kappa shape index (κ1) is 33.2. The fourth-order valence-electron chi connectivity index (χ4n) is 4.91. The third-order valence-corrected chi connectivity index (χ3v) is 8.08. The Morgan fingerprint density at radius 1 is 0.894 bits per heavy atom. The van der Waals surface area contributed by atoms with E-state index in [4.69, 9.17) is 19.2 Å². The maximum atomic E-state index is 13.4. The van der Waals surface area contributed by atoms with E-state index in [1.165, 1.54) is 14.2 Å². The van der Waals surface area contributed by atoms with Crippen LogP contribution in [0, 0.1) is 0 Å². The predicted molar refractivity (Wildman–Crippen MR) is 187 cm³/mol. The number of carbonyl (C=O) groups is 2. The van der Waals surface area contributed by atoms with E-state index in [0.717, 1.165) is 39.3 Å². The first-order valence-electron chi connectivity index (χ1n) is 14.9. The van der Waals surface area contributed by atoms with Crippen LogP contribution in [0.25, 0.3) is 21.5 Å². The number of carbonyl (C=O) groups excluding carboxylic acids is 2. The summed E-state index contributed by atoms with van der Waals surface area (Å²) < 4.78 is 16.7. The molecule has 0 aliphatic heterocycles. The number of hydrogen-bond donors (Lipinski definition) is 3. The second kappa shape index (κ2) is 14.1. The van der Waals surface area contributed by atoms with Gasteiger partial charge in [-0.3, -0.25) is 10.3 Å². The summed E-state index contributed by atoms with van der Waals surface area (Å²) in [5.74, 6) is 1.52. The number of urea groups is 1. The predicted octanol–water partition coefficient (Wildman–Crippen LogP) is 8.34. The Hall–Kier alpha value is -5.20. The number of nitrogens with one attached hydrogen (secondary N) is 3. The van der Waals surface area contributed by atoms with E-state index < -0.39 is 12.1 Å². The number of hydrogen-bond acceptors (Lipinski definition) is 9. The number of methoxy groups -OCH3 is 2. The lowest BCUT2D eigenvalue weighted by Crippen LogP contribution is -2.22. The first-order chi connectivity index (χ1) is 22.4. The maximum Gasteiger partial charge on any atom is 0.411 e. The highest BCUT2D eigenvalue weighted by Crippen LogP contribution is 2.40. The number of ether oxygens (including phenoxy) is 3. The Balaban J connectivity index is 1.39. The molecule has 47 heavy (non-hydrogen) atoms. The summed E-state index contributed by atoms with van der Waals surface area (Å²) in [6.07, 6.45) is 1.05. The van der Waals surface area contributed by atoms with Crippen molar-refractivity contribution in [1.82, 2.24) is 14.9 Å². The monoisotopic (exact) mass is 654 g/mol. The number of benzene rings is 3. The second-order valence-electron chi connectivity index (χ2n) is 12.1. The fraction of sp³-hybridized carbons (Fsp3) is 0.257. The minimum atomic E-state index is -0.654. The second-order valence-corrected chi connectivity index (χ2v) is 12.9. The molecule has 0 unspecified atom stereocenters. The van der Waals surface area contributed by atoms with E-state index in [-0.39, 0.29) is 11.2 Å². The topological polar surface area (TPSA) is 127 Å². The third-order valence-electron chi connectivity index (χ3n) is 7.17. The summed E-state index contributed by atoms with van der Waals surface area (Å²) in [4.78, 5) is 36.8. The van der Waals surface area contributed by atoms with Crippen molar-refractivity contribution in [2.75, 3.05) is 44.3 Å². The van der Waals surface area contributed by atoms with Crippen LogP contribution in [0.5, 0.6) is 17.2 Å². The number of aromatic nitrogens is 2. The van der Waals surface area contributed by atoms with Crippen molar-refractivity contribution in [3.05, 3.63) is 83.5 Å². The Bertz CT molecular complexity index is 1920. The molecule has 3 aromatic carbocycles. The summed E-state index contributed by atoms with van der Waals surface area (Å²) in [6, 6.07) is 18.1. The summed E-state index contributed by atoms with van der Waals surface area (Å²) in [7, 11) is 6.76. The molecule has 5 aromatic rings. The summed E-state index contributed by atoms with van der Waals surface area (Å²) in [5, 5.41) is 13.0. The first-order valence-corrected chi connectivity index (χ1v) is 15.7. The SMILES string of the molecule is COC(=O)Nc1cc(C(C)(C)C)cc(NC(=O)Nc2ccc(Oc3ccnc(-c4nc(CN(C)C)cs4)c3)c3ccccc23)c1OC. The smallest absolute Gasteiger partial charge is 0.411 e. The van der Waals surface area contributed by atoms with Gasteiger partial charge in [-0.25, -0.2) is 14.6 Å². The van der Waals surface area contributed by atoms with Gasteiger partial charge in [0, 0.05) is 35.0 Å². The highest BCUT2D eigenvalue weighted by Gasteiger charge is 2.22. The summed E-state index contributed by atoms with van der Waals surface area (Å²) >= 11 is 1.54. The van der Waals surface area contributed by atoms with E-state index in [1.54, 1.807) is 35.7 Å². The van der Waals surface area contributed by atoms with Gasteiger partial charge in [0.2, 0.25) is 0 Å². The van der Waals surface area contributed by atoms with Crippen LogP contribution in [-0.2, 0) is 16.7 Å². The molecule has 5 rings (SSSR count). The zero-order chi connectivity index (χ0) is 33.7. The lowest BCUT2D eigenvalue weighted by atomic mass is 9.86. The van der Waals surface area contributed by atoms with Crippen LogP contribution in [-0.4, -0.2) is 55.3 Å². The quantitative estimate of drug-likeness (QED) is 0.145. The van der Waals surface area contributed by atoms with Crippen LogP contribution in [0.15, 0.2) is 72.2 Å². The van der Waals surface area contributed by atoms with E-state index in [0.29, 0.717) is 28.6 Å². The Morgan fingerprint density at radius 2 is 1.60 bits per heavy atom.